The Bertz CT molecular complexity index is 804. The molecule has 0 saturated carbocycles. The minimum absolute atomic E-state index is 0.0738. The molecule has 25 heavy (non-hydrogen) atoms. The first kappa shape index (κ1) is 17.4. The molecule has 0 aromatic heterocycles. The average Bonchev–Trinajstić information content (AvgIpc) is 2.96. The number of benzene rings is 2. The number of hydrogen-bond acceptors (Lipinski definition) is 3. The third-order valence-corrected chi connectivity index (χ3v) is 5.09. The third kappa shape index (κ3) is 3.82. The fraction of sp³-hybridized carbons (Fsp3) is 0.400. The second-order valence-corrected chi connectivity index (χ2v) is 7.22. The second-order valence-electron chi connectivity index (χ2n) is 7.22. The van der Waals surface area contributed by atoms with Crippen molar-refractivity contribution in [3.05, 3.63) is 48.0 Å². The van der Waals surface area contributed by atoms with Gasteiger partial charge in [-0.3, -0.25) is 14.5 Å². The highest BCUT2D eigenvalue weighted by atomic mass is 16.4. The van der Waals surface area contributed by atoms with Crippen molar-refractivity contribution < 1.29 is 14.7 Å². The summed E-state index contributed by atoms with van der Waals surface area (Å²) in [5, 5.41) is 14.6. The monoisotopic (exact) mass is 340 g/mol. The SMILES string of the molecule is CC(NC(=O)CN1CCC(C)(C(=O)O)C1)c1ccc2ccccc2c1. The van der Waals surface area contributed by atoms with Gasteiger partial charge in [-0.15, -0.1) is 0 Å². The van der Waals surface area contributed by atoms with Crippen molar-refractivity contribution in [2.45, 2.75) is 26.3 Å². The number of carbonyl (C=O) groups is 2. The van der Waals surface area contributed by atoms with Gasteiger partial charge in [0.2, 0.25) is 5.91 Å². The van der Waals surface area contributed by atoms with Crippen molar-refractivity contribution in [1.29, 1.82) is 0 Å². The Labute approximate surface area is 147 Å². The van der Waals surface area contributed by atoms with E-state index in [0.29, 0.717) is 19.5 Å². The first-order valence-corrected chi connectivity index (χ1v) is 8.61. The first-order valence-electron chi connectivity index (χ1n) is 8.61. The van der Waals surface area contributed by atoms with Gasteiger partial charge in [-0.25, -0.2) is 0 Å². The summed E-state index contributed by atoms with van der Waals surface area (Å²) in [4.78, 5) is 25.5. The molecular weight excluding hydrogens is 316 g/mol. The predicted octanol–water partition coefficient (Wildman–Crippen LogP) is 2.81. The highest BCUT2D eigenvalue weighted by Gasteiger charge is 2.40. The molecule has 2 atom stereocenters. The maximum atomic E-state index is 12.3. The molecule has 1 aliphatic heterocycles. The predicted molar refractivity (Wildman–Crippen MR) is 97.3 cm³/mol. The van der Waals surface area contributed by atoms with Gasteiger partial charge in [-0.1, -0.05) is 36.4 Å². The van der Waals surface area contributed by atoms with E-state index in [2.05, 4.69) is 29.6 Å². The topological polar surface area (TPSA) is 69.6 Å². The number of carboxylic acid groups (broad SMARTS) is 1. The van der Waals surface area contributed by atoms with Crippen LogP contribution < -0.4 is 5.32 Å². The summed E-state index contributed by atoms with van der Waals surface area (Å²) in [6.45, 7) is 5.00. The summed E-state index contributed by atoms with van der Waals surface area (Å²) in [6, 6.07) is 14.2. The lowest BCUT2D eigenvalue weighted by Crippen LogP contribution is -2.39. The summed E-state index contributed by atoms with van der Waals surface area (Å²) < 4.78 is 0. The van der Waals surface area contributed by atoms with Crippen LogP contribution in [0.15, 0.2) is 42.5 Å². The van der Waals surface area contributed by atoms with E-state index < -0.39 is 11.4 Å². The van der Waals surface area contributed by atoms with E-state index in [-0.39, 0.29) is 18.5 Å². The van der Waals surface area contributed by atoms with Crippen LogP contribution in [0.1, 0.15) is 31.9 Å². The number of hydrogen-bond donors (Lipinski definition) is 2. The fourth-order valence-corrected chi connectivity index (χ4v) is 3.42. The zero-order valence-electron chi connectivity index (χ0n) is 14.7. The zero-order chi connectivity index (χ0) is 18.0. The Balaban J connectivity index is 1.59. The molecule has 1 aliphatic rings. The number of rotatable bonds is 5. The van der Waals surface area contributed by atoms with Gasteiger partial charge in [0, 0.05) is 6.54 Å². The van der Waals surface area contributed by atoms with Crippen LogP contribution in [-0.2, 0) is 9.59 Å². The van der Waals surface area contributed by atoms with Crippen molar-refractivity contribution in [3.63, 3.8) is 0 Å². The molecule has 1 amide bonds. The van der Waals surface area contributed by atoms with E-state index in [1.807, 2.05) is 30.0 Å². The maximum absolute atomic E-state index is 12.3. The van der Waals surface area contributed by atoms with Gasteiger partial charge in [-0.05, 0) is 49.2 Å². The molecule has 0 bridgehead atoms. The normalized spacial score (nSPS) is 22.0. The Morgan fingerprint density at radius 2 is 1.96 bits per heavy atom. The molecule has 0 aliphatic carbocycles. The minimum Gasteiger partial charge on any atom is -0.481 e. The number of carboxylic acids is 1. The van der Waals surface area contributed by atoms with E-state index in [9.17, 15) is 14.7 Å². The van der Waals surface area contributed by atoms with Gasteiger partial charge in [0.25, 0.3) is 0 Å². The number of amides is 1. The van der Waals surface area contributed by atoms with E-state index in [4.69, 9.17) is 0 Å². The summed E-state index contributed by atoms with van der Waals surface area (Å²) in [7, 11) is 0. The van der Waals surface area contributed by atoms with Crippen LogP contribution in [0.3, 0.4) is 0 Å². The number of nitrogens with zero attached hydrogens (tertiary/aromatic N) is 1. The van der Waals surface area contributed by atoms with Crippen molar-refractivity contribution in [2.24, 2.45) is 5.41 Å². The number of aliphatic carboxylic acids is 1. The Morgan fingerprint density at radius 3 is 2.64 bits per heavy atom. The van der Waals surface area contributed by atoms with Crippen LogP contribution in [-0.4, -0.2) is 41.5 Å². The summed E-state index contributed by atoms with van der Waals surface area (Å²) in [6.07, 6.45) is 0.579. The highest BCUT2D eigenvalue weighted by Crippen LogP contribution is 2.29. The summed E-state index contributed by atoms with van der Waals surface area (Å²) in [5.74, 6) is -0.866. The maximum Gasteiger partial charge on any atom is 0.310 e. The van der Waals surface area contributed by atoms with Gasteiger partial charge in [-0.2, -0.15) is 0 Å². The van der Waals surface area contributed by atoms with Gasteiger partial charge in [0.05, 0.1) is 18.0 Å². The molecule has 1 saturated heterocycles. The Morgan fingerprint density at radius 1 is 1.24 bits per heavy atom. The molecule has 1 heterocycles. The molecule has 2 aromatic carbocycles. The van der Waals surface area contributed by atoms with Crippen LogP contribution in [0.5, 0.6) is 0 Å². The number of likely N-dealkylation sites (tertiary alicyclic amines) is 1. The Hall–Kier alpha value is -2.40. The molecule has 5 heteroatoms. The molecule has 132 valence electrons. The van der Waals surface area contributed by atoms with E-state index in [1.165, 1.54) is 5.39 Å². The molecule has 3 rings (SSSR count). The number of fused-ring (bicyclic) bond motifs is 1. The highest BCUT2D eigenvalue weighted by molar-refractivity contribution is 5.83. The van der Waals surface area contributed by atoms with Crippen LogP contribution in [0.2, 0.25) is 0 Å². The number of nitrogens with one attached hydrogen (secondary N) is 1. The molecule has 0 radical (unpaired) electrons. The van der Waals surface area contributed by atoms with E-state index in [0.717, 1.165) is 10.9 Å². The van der Waals surface area contributed by atoms with Crippen LogP contribution in [0.4, 0.5) is 0 Å². The fourth-order valence-electron chi connectivity index (χ4n) is 3.42. The standard InChI is InChI=1S/C20H24N2O3/c1-14(16-8-7-15-5-3-4-6-17(15)11-16)21-18(23)12-22-10-9-20(2,13-22)19(24)25/h3-8,11,14H,9-10,12-13H2,1-2H3,(H,21,23)(H,24,25). The molecular formula is C20H24N2O3. The van der Waals surface area contributed by atoms with Gasteiger partial charge >= 0.3 is 5.97 Å². The lowest BCUT2D eigenvalue weighted by molar-refractivity contribution is -0.147. The molecule has 2 unspecified atom stereocenters. The molecule has 2 N–H and O–H groups in total. The molecule has 5 nitrogen and oxygen atoms in total. The van der Waals surface area contributed by atoms with Gasteiger partial charge in [0.15, 0.2) is 0 Å². The minimum atomic E-state index is -0.792. The van der Waals surface area contributed by atoms with Crippen molar-refractivity contribution in [1.82, 2.24) is 10.2 Å². The average molecular weight is 340 g/mol. The summed E-state index contributed by atoms with van der Waals surface area (Å²) in [5.41, 5.74) is 0.313. The molecule has 1 fully saturated rings. The van der Waals surface area contributed by atoms with Crippen LogP contribution in [0.25, 0.3) is 10.8 Å². The van der Waals surface area contributed by atoms with Gasteiger partial charge in [0.1, 0.15) is 0 Å². The van der Waals surface area contributed by atoms with Crippen LogP contribution in [0, 0.1) is 5.41 Å². The lowest BCUT2D eigenvalue weighted by atomic mass is 9.90. The third-order valence-electron chi connectivity index (χ3n) is 5.09. The van der Waals surface area contributed by atoms with E-state index >= 15 is 0 Å². The number of carbonyl (C=O) groups excluding carboxylic acids is 1. The van der Waals surface area contributed by atoms with Crippen molar-refractivity contribution >= 4 is 22.6 Å². The second kappa shape index (κ2) is 6.84. The van der Waals surface area contributed by atoms with E-state index in [1.54, 1.807) is 6.92 Å². The zero-order valence-corrected chi connectivity index (χ0v) is 14.7. The quantitative estimate of drug-likeness (QED) is 0.878. The van der Waals surface area contributed by atoms with Gasteiger partial charge < -0.3 is 10.4 Å². The molecule has 2 aromatic rings. The first-order chi connectivity index (χ1) is 11.9. The van der Waals surface area contributed by atoms with Crippen molar-refractivity contribution in [3.8, 4) is 0 Å². The molecule has 0 spiro atoms. The lowest BCUT2D eigenvalue weighted by Gasteiger charge is -2.21. The Kier molecular flexibility index (Phi) is 4.77. The van der Waals surface area contributed by atoms with Crippen molar-refractivity contribution in [2.75, 3.05) is 19.6 Å². The van der Waals surface area contributed by atoms with Crippen LogP contribution >= 0.6 is 0 Å². The largest absolute Gasteiger partial charge is 0.481 e. The smallest absolute Gasteiger partial charge is 0.310 e. The summed E-state index contributed by atoms with van der Waals surface area (Å²) >= 11 is 0.